The average Bonchev–Trinajstić information content (AvgIpc) is 2.50. The van der Waals surface area contributed by atoms with Gasteiger partial charge in [0.15, 0.2) is 0 Å². The van der Waals surface area contributed by atoms with Gasteiger partial charge in [0.2, 0.25) is 0 Å². The Kier molecular flexibility index (Phi) is 3.78. The molecule has 1 aliphatic rings. The minimum absolute atomic E-state index is 0.503. The third kappa shape index (κ3) is 3.68. The van der Waals surface area contributed by atoms with Crippen LogP contribution in [0.2, 0.25) is 0 Å². The highest BCUT2D eigenvalue weighted by molar-refractivity contribution is 4.80. The van der Waals surface area contributed by atoms with E-state index < -0.39 is 0 Å². The van der Waals surface area contributed by atoms with Gasteiger partial charge in [0.25, 0.3) is 0 Å². The lowest BCUT2D eigenvalue weighted by Crippen LogP contribution is -2.22. The van der Waals surface area contributed by atoms with Crippen LogP contribution in [0.1, 0.15) is 47.0 Å². The lowest BCUT2D eigenvalue weighted by atomic mass is 9.77. The summed E-state index contributed by atoms with van der Waals surface area (Å²) >= 11 is 0. The summed E-state index contributed by atoms with van der Waals surface area (Å²) in [6, 6.07) is 0. The molecule has 1 heteroatoms. The van der Waals surface area contributed by atoms with E-state index in [9.17, 15) is 0 Å². The van der Waals surface area contributed by atoms with E-state index in [1.54, 1.807) is 0 Å². The van der Waals surface area contributed by atoms with Crippen molar-refractivity contribution in [1.82, 2.24) is 5.32 Å². The molecule has 1 fully saturated rings. The minimum atomic E-state index is 0.503. The Balaban J connectivity index is 2.42. The van der Waals surface area contributed by atoms with E-state index in [1.807, 2.05) is 0 Å². The molecule has 0 aromatic carbocycles. The van der Waals surface area contributed by atoms with Crippen molar-refractivity contribution < 1.29 is 0 Å². The molecule has 1 N–H and O–H groups in total. The molecular formula is C12H25N. The van der Waals surface area contributed by atoms with E-state index >= 15 is 0 Å². The summed E-state index contributed by atoms with van der Waals surface area (Å²) in [7, 11) is 0. The molecule has 1 saturated heterocycles. The van der Waals surface area contributed by atoms with Crippen molar-refractivity contribution >= 4 is 0 Å². The second-order valence-electron chi connectivity index (χ2n) is 5.69. The zero-order valence-electron chi connectivity index (χ0n) is 9.69. The van der Waals surface area contributed by atoms with Gasteiger partial charge in [-0.15, -0.1) is 0 Å². The van der Waals surface area contributed by atoms with Crippen LogP contribution in [0.4, 0.5) is 0 Å². The summed E-state index contributed by atoms with van der Waals surface area (Å²) in [5.74, 6) is 1.89. The smallest absolute Gasteiger partial charge is 0.00174 e. The van der Waals surface area contributed by atoms with Crippen molar-refractivity contribution in [3.63, 3.8) is 0 Å². The fraction of sp³-hybridized carbons (Fsp3) is 1.00. The molecule has 0 aromatic heterocycles. The molecule has 1 heterocycles. The van der Waals surface area contributed by atoms with Crippen molar-refractivity contribution in [3.8, 4) is 0 Å². The van der Waals surface area contributed by atoms with Crippen LogP contribution in [0.25, 0.3) is 0 Å². The maximum absolute atomic E-state index is 3.47. The van der Waals surface area contributed by atoms with Gasteiger partial charge < -0.3 is 5.32 Å². The van der Waals surface area contributed by atoms with Crippen molar-refractivity contribution in [3.05, 3.63) is 0 Å². The van der Waals surface area contributed by atoms with E-state index in [-0.39, 0.29) is 0 Å². The normalized spacial score (nSPS) is 26.3. The van der Waals surface area contributed by atoms with Crippen molar-refractivity contribution in [2.24, 2.45) is 17.3 Å². The summed E-state index contributed by atoms with van der Waals surface area (Å²) in [5.41, 5.74) is 0.503. The predicted octanol–water partition coefficient (Wildman–Crippen LogP) is 3.06. The van der Waals surface area contributed by atoms with E-state index in [0.717, 1.165) is 11.8 Å². The predicted molar refractivity (Wildman–Crippen MR) is 58.8 cm³/mol. The van der Waals surface area contributed by atoms with Crippen molar-refractivity contribution in [2.45, 2.75) is 47.0 Å². The highest BCUT2D eigenvalue weighted by atomic mass is 14.9. The van der Waals surface area contributed by atoms with E-state index in [1.165, 1.54) is 32.4 Å². The third-order valence-electron chi connectivity index (χ3n) is 3.16. The average molecular weight is 183 g/mol. The summed E-state index contributed by atoms with van der Waals surface area (Å²) in [6.45, 7) is 11.9. The highest BCUT2D eigenvalue weighted by Gasteiger charge is 2.26. The van der Waals surface area contributed by atoms with Gasteiger partial charge in [0, 0.05) is 0 Å². The molecular weight excluding hydrogens is 158 g/mol. The van der Waals surface area contributed by atoms with Crippen LogP contribution in [0.3, 0.4) is 0 Å². The molecule has 78 valence electrons. The summed E-state index contributed by atoms with van der Waals surface area (Å²) in [5, 5.41) is 3.47. The van der Waals surface area contributed by atoms with E-state index in [0.29, 0.717) is 5.41 Å². The molecule has 0 aromatic rings. The zero-order chi connectivity index (χ0) is 9.90. The fourth-order valence-electron chi connectivity index (χ4n) is 2.51. The lowest BCUT2D eigenvalue weighted by molar-refractivity contribution is 0.226. The minimum Gasteiger partial charge on any atom is -0.316 e. The van der Waals surface area contributed by atoms with Crippen LogP contribution in [0, 0.1) is 17.3 Å². The first-order valence-corrected chi connectivity index (χ1v) is 5.73. The molecule has 0 aliphatic carbocycles. The van der Waals surface area contributed by atoms with Gasteiger partial charge >= 0.3 is 0 Å². The Hall–Kier alpha value is -0.0400. The standard InChI is InChI=1S/C12H25N/c1-5-10(8-12(2,3)4)11-6-7-13-9-11/h10-11,13H,5-9H2,1-4H3. The summed E-state index contributed by atoms with van der Waals surface area (Å²) in [4.78, 5) is 0. The van der Waals surface area contributed by atoms with Crippen LogP contribution in [0.5, 0.6) is 0 Å². The van der Waals surface area contributed by atoms with E-state index in [2.05, 4.69) is 33.0 Å². The van der Waals surface area contributed by atoms with Gasteiger partial charge in [-0.2, -0.15) is 0 Å². The molecule has 2 atom stereocenters. The fourth-order valence-corrected chi connectivity index (χ4v) is 2.51. The first-order valence-electron chi connectivity index (χ1n) is 5.73. The molecule has 0 saturated carbocycles. The molecule has 1 nitrogen and oxygen atoms in total. The Labute approximate surface area is 83.3 Å². The van der Waals surface area contributed by atoms with Crippen LogP contribution in [-0.4, -0.2) is 13.1 Å². The highest BCUT2D eigenvalue weighted by Crippen LogP contribution is 2.33. The van der Waals surface area contributed by atoms with Gasteiger partial charge in [-0.3, -0.25) is 0 Å². The van der Waals surface area contributed by atoms with E-state index in [4.69, 9.17) is 0 Å². The first-order chi connectivity index (χ1) is 6.03. The van der Waals surface area contributed by atoms with Gasteiger partial charge in [0.05, 0.1) is 0 Å². The summed E-state index contributed by atoms with van der Waals surface area (Å²) in [6.07, 6.45) is 4.13. The molecule has 0 spiro atoms. The number of rotatable bonds is 3. The van der Waals surface area contributed by atoms with Crippen LogP contribution < -0.4 is 5.32 Å². The van der Waals surface area contributed by atoms with Crippen LogP contribution >= 0.6 is 0 Å². The quantitative estimate of drug-likeness (QED) is 0.709. The summed E-state index contributed by atoms with van der Waals surface area (Å²) < 4.78 is 0. The Morgan fingerprint density at radius 3 is 2.46 bits per heavy atom. The largest absolute Gasteiger partial charge is 0.316 e. The second kappa shape index (κ2) is 4.45. The number of hydrogen-bond acceptors (Lipinski definition) is 1. The Morgan fingerprint density at radius 2 is 2.08 bits per heavy atom. The molecule has 1 rings (SSSR count). The SMILES string of the molecule is CCC(CC(C)(C)C)C1CCNC1. The third-order valence-corrected chi connectivity index (χ3v) is 3.16. The number of hydrogen-bond donors (Lipinski definition) is 1. The molecule has 0 radical (unpaired) electrons. The Morgan fingerprint density at radius 1 is 1.38 bits per heavy atom. The Bertz CT molecular complexity index is 140. The molecule has 1 aliphatic heterocycles. The molecule has 13 heavy (non-hydrogen) atoms. The molecule has 2 unspecified atom stereocenters. The zero-order valence-corrected chi connectivity index (χ0v) is 9.69. The number of nitrogens with one attached hydrogen (secondary N) is 1. The van der Waals surface area contributed by atoms with Crippen LogP contribution in [-0.2, 0) is 0 Å². The maximum atomic E-state index is 3.47. The van der Waals surface area contributed by atoms with Gasteiger partial charge in [-0.1, -0.05) is 34.1 Å². The second-order valence-corrected chi connectivity index (χ2v) is 5.69. The van der Waals surface area contributed by atoms with Crippen molar-refractivity contribution in [2.75, 3.05) is 13.1 Å². The lowest BCUT2D eigenvalue weighted by Gasteiger charge is -2.29. The first kappa shape index (κ1) is 11.0. The van der Waals surface area contributed by atoms with Gasteiger partial charge in [-0.25, -0.2) is 0 Å². The maximum Gasteiger partial charge on any atom is -0.00174 e. The van der Waals surface area contributed by atoms with Crippen molar-refractivity contribution in [1.29, 1.82) is 0 Å². The topological polar surface area (TPSA) is 12.0 Å². The van der Waals surface area contributed by atoms with Gasteiger partial charge in [-0.05, 0) is 43.2 Å². The molecule has 0 bridgehead atoms. The molecule has 0 amide bonds. The van der Waals surface area contributed by atoms with Crippen LogP contribution in [0.15, 0.2) is 0 Å². The monoisotopic (exact) mass is 183 g/mol. The van der Waals surface area contributed by atoms with Gasteiger partial charge in [0.1, 0.15) is 0 Å².